The minimum Gasteiger partial charge on any atom is -0.357 e. The van der Waals surface area contributed by atoms with E-state index in [2.05, 4.69) is 20.2 Å². The molecule has 1 fully saturated rings. The third kappa shape index (κ3) is 5.16. The van der Waals surface area contributed by atoms with Gasteiger partial charge in [0.15, 0.2) is 5.13 Å². The molecule has 2 aromatic heterocycles. The number of aromatic nitrogens is 2. The maximum Gasteiger partial charge on any atom is 0.248 e. The molecule has 1 aliphatic heterocycles. The van der Waals surface area contributed by atoms with Gasteiger partial charge in [-0.1, -0.05) is 18.2 Å². The van der Waals surface area contributed by atoms with Crippen LogP contribution in [0.15, 0.2) is 60.1 Å². The van der Waals surface area contributed by atoms with Crippen LogP contribution in [0.5, 0.6) is 0 Å². The van der Waals surface area contributed by atoms with E-state index < -0.39 is 0 Å². The SMILES string of the molecule is CC(=O)N(c1ccccc1)c1nc(/C=C/C(=O)Nc2ccc(N3CCCC3)nc2)cs1. The van der Waals surface area contributed by atoms with Gasteiger partial charge in [0.2, 0.25) is 11.8 Å². The molecule has 0 atom stereocenters. The van der Waals surface area contributed by atoms with Crippen molar-refractivity contribution in [1.29, 1.82) is 0 Å². The molecule has 0 bridgehead atoms. The maximum atomic E-state index is 12.3. The first-order chi connectivity index (χ1) is 15.1. The van der Waals surface area contributed by atoms with Crippen LogP contribution < -0.4 is 15.1 Å². The fourth-order valence-electron chi connectivity index (χ4n) is 3.40. The summed E-state index contributed by atoms with van der Waals surface area (Å²) in [5, 5.41) is 5.17. The molecule has 1 aromatic carbocycles. The van der Waals surface area contributed by atoms with Crippen molar-refractivity contribution in [2.45, 2.75) is 19.8 Å². The highest BCUT2D eigenvalue weighted by Gasteiger charge is 2.17. The number of benzene rings is 1. The summed E-state index contributed by atoms with van der Waals surface area (Å²) in [5.74, 6) is 0.546. The quantitative estimate of drug-likeness (QED) is 0.580. The number of anilines is 4. The number of pyridine rings is 1. The van der Waals surface area contributed by atoms with E-state index in [1.54, 1.807) is 17.2 Å². The van der Waals surface area contributed by atoms with Crippen molar-refractivity contribution >= 4 is 51.6 Å². The van der Waals surface area contributed by atoms with E-state index in [0.29, 0.717) is 16.5 Å². The van der Waals surface area contributed by atoms with Crippen LogP contribution in [0.25, 0.3) is 6.08 Å². The largest absolute Gasteiger partial charge is 0.357 e. The lowest BCUT2D eigenvalue weighted by atomic mass is 10.3. The van der Waals surface area contributed by atoms with Gasteiger partial charge in [-0.05, 0) is 43.2 Å². The molecule has 1 N–H and O–H groups in total. The number of hydrogen-bond acceptors (Lipinski definition) is 6. The molecule has 0 unspecified atom stereocenters. The van der Waals surface area contributed by atoms with Crippen molar-refractivity contribution < 1.29 is 9.59 Å². The normalized spacial score (nSPS) is 13.5. The molecular weight excluding hydrogens is 410 g/mol. The smallest absolute Gasteiger partial charge is 0.248 e. The highest BCUT2D eigenvalue weighted by molar-refractivity contribution is 7.14. The van der Waals surface area contributed by atoms with Crippen LogP contribution in [0.4, 0.5) is 22.3 Å². The van der Waals surface area contributed by atoms with Gasteiger partial charge >= 0.3 is 0 Å². The number of rotatable bonds is 6. The van der Waals surface area contributed by atoms with Gasteiger partial charge in [-0.15, -0.1) is 11.3 Å². The zero-order chi connectivity index (χ0) is 21.6. The summed E-state index contributed by atoms with van der Waals surface area (Å²) >= 11 is 1.35. The number of carbonyl (C=O) groups is 2. The van der Waals surface area contributed by atoms with E-state index in [4.69, 9.17) is 0 Å². The molecule has 7 nitrogen and oxygen atoms in total. The summed E-state index contributed by atoms with van der Waals surface area (Å²) in [6, 6.07) is 13.1. The molecule has 1 aliphatic rings. The molecule has 158 valence electrons. The second kappa shape index (κ2) is 9.53. The fraction of sp³-hybridized carbons (Fsp3) is 0.217. The van der Waals surface area contributed by atoms with E-state index in [-0.39, 0.29) is 11.8 Å². The molecule has 0 spiro atoms. The van der Waals surface area contributed by atoms with E-state index >= 15 is 0 Å². The number of amides is 2. The lowest BCUT2D eigenvalue weighted by molar-refractivity contribution is -0.116. The second-order valence-corrected chi connectivity index (χ2v) is 8.00. The van der Waals surface area contributed by atoms with Crippen molar-refractivity contribution in [2.24, 2.45) is 0 Å². The summed E-state index contributed by atoms with van der Waals surface area (Å²) in [4.78, 5) is 37.1. The van der Waals surface area contributed by atoms with Crippen molar-refractivity contribution in [2.75, 3.05) is 28.2 Å². The van der Waals surface area contributed by atoms with Gasteiger partial charge in [-0.3, -0.25) is 14.5 Å². The van der Waals surface area contributed by atoms with Gasteiger partial charge in [0, 0.05) is 31.5 Å². The highest BCUT2D eigenvalue weighted by atomic mass is 32.1. The first-order valence-electron chi connectivity index (χ1n) is 10.1. The van der Waals surface area contributed by atoms with E-state index in [1.807, 2.05) is 47.8 Å². The fourth-order valence-corrected chi connectivity index (χ4v) is 4.25. The number of para-hydroxylation sites is 1. The number of carbonyl (C=O) groups excluding carboxylic acids is 2. The van der Waals surface area contributed by atoms with Crippen LogP contribution in [0.1, 0.15) is 25.5 Å². The molecule has 2 amide bonds. The summed E-state index contributed by atoms with van der Waals surface area (Å²) in [6.45, 7) is 3.56. The van der Waals surface area contributed by atoms with Gasteiger partial charge in [0.05, 0.1) is 23.3 Å². The molecular formula is C23H23N5O2S. The zero-order valence-corrected chi connectivity index (χ0v) is 18.0. The Hall–Kier alpha value is -3.52. The zero-order valence-electron chi connectivity index (χ0n) is 17.2. The van der Waals surface area contributed by atoms with Gasteiger partial charge in [-0.2, -0.15) is 0 Å². The first-order valence-corrected chi connectivity index (χ1v) is 11.0. The maximum absolute atomic E-state index is 12.3. The summed E-state index contributed by atoms with van der Waals surface area (Å²) < 4.78 is 0. The van der Waals surface area contributed by atoms with Crippen molar-refractivity contribution in [3.8, 4) is 0 Å². The Labute approximate surface area is 185 Å². The molecule has 0 saturated carbocycles. The van der Waals surface area contributed by atoms with E-state index in [9.17, 15) is 9.59 Å². The predicted octanol–water partition coefficient (Wildman–Crippen LogP) is 4.47. The highest BCUT2D eigenvalue weighted by Crippen LogP contribution is 2.29. The van der Waals surface area contributed by atoms with Crippen LogP contribution in [0.2, 0.25) is 0 Å². The number of nitrogens with one attached hydrogen (secondary N) is 1. The third-order valence-electron chi connectivity index (χ3n) is 4.88. The Morgan fingerprint density at radius 2 is 1.90 bits per heavy atom. The summed E-state index contributed by atoms with van der Waals surface area (Å²) in [5.41, 5.74) is 2.01. The Morgan fingerprint density at radius 3 is 2.58 bits per heavy atom. The summed E-state index contributed by atoms with van der Waals surface area (Å²) in [7, 11) is 0. The topological polar surface area (TPSA) is 78.4 Å². The monoisotopic (exact) mass is 433 g/mol. The first kappa shape index (κ1) is 20.7. The summed E-state index contributed by atoms with van der Waals surface area (Å²) in [6.07, 6.45) is 7.11. The molecule has 31 heavy (non-hydrogen) atoms. The molecule has 3 heterocycles. The second-order valence-electron chi connectivity index (χ2n) is 7.17. The Bertz CT molecular complexity index is 1070. The van der Waals surface area contributed by atoms with Crippen LogP contribution in [-0.2, 0) is 9.59 Å². The van der Waals surface area contributed by atoms with E-state index in [0.717, 1.165) is 24.6 Å². The number of hydrogen-bond donors (Lipinski definition) is 1. The number of thiazole rings is 1. The molecule has 0 radical (unpaired) electrons. The lowest BCUT2D eigenvalue weighted by Gasteiger charge is -2.17. The van der Waals surface area contributed by atoms with Gasteiger partial charge in [0.25, 0.3) is 0 Å². The number of nitrogens with zero attached hydrogens (tertiary/aromatic N) is 4. The minimum absolute atomic E-state index is 0.126. The van der Waals surface area contributed by atoms with Crippen LogP contribution in [-0.4, -0.2) is 34.9 Å². The third-order valence-corrected chi connectivity index (χ3v) is 5.73. The van der Waals surface area contributed by atoms with Crippen molar-refractivity contribution in [3.05, 3.63) is 65.8 Å². The Morgan fingerprint density at radius 1 is 1.13 bits per heavy atom. The Kier molecular flexibility index (Phi) is 6.37. The minimum atomic E-state index is -0.267. The standard InChI is InChI=1S/C23H23N5O2S/c1-17(29)28(20-7-3-2-4-8-20)23-26-19(16-31-23)10-12-22(30)25-18-9-11-21(24-15-18)27-13-5-6-14-27/h2-4,7-12,15-16H,5-6,13-14H2,1H3,(H,25,30)/b12-10+. The Balaban J connectivity index is 1.39. The lowest BCUT2D eigenvalue weighted by Crippen LogP contribution is -2.22. The van der Waals surface area contributed by atoms with Gasteiger partial charge < -0.3 is 10.2 Å². The van der Waals surface area contributed by atoms with Crippen LogP contribution in [0, 0.1) is 0 Å². The van der Waals surface area contributed by atoms with E-state index in [1.165, 1.54) is 37.2 Å². The molecule has 3 aromatic rings. The van der Waals surface area contributed by atoms with Gasteiger partial charge in [-0.25, -0.2) is 9.97 Å². The van der Waals surface area contributed by atoms with Crippen LogP contribution in [0.3, 0.4) is 0 Å². The molecule has 4 rings (SSSR count). The van der Waals surface area contributed by atoms with Crippen LogP contribution >= 0.6 is 11.3 Å². The predicted molar refractivity (Wildman–Crippen MR) is 125 cm³/mol. The average Bonchev–Trinajstić information content (AvgIpc) is 3.46. The molecule has 0 aliphatic carbocycles. The molecule has 1 saturated heterocycles. The molecule has 8 heteroatoms. The van der Waals surface area contributed by atoms with Gasteiger partial charge in [0.1, 0.15) is 5.82 Å². The van der Waals surface area contributed by atoms with Crippen molar-refractivity contribution in [1.82, 2.24) is 9.97 Å². The average molecular weight is 434 g/mol. The van der Waals surface area contributed by atoms with Crippen molar-refractivity contribution in [3.63, 3.8) is 0 Å².